The fraction of sp³-hybridized carbons (Fsp3) is 0.450. The number of aromatic nitrogens is 1. The fourth-order valence-corrected chi connectivity index (χ4v) is 4.02. The zero-order chi connectivity index (χ0) is 19.5. The molecule has 0 radical (unpaired) electrons. The molecule has 4 rings (SSSR count). The third kappa shape index (κ3) is 3.99. The lowest BCUT2D eigenvalue weighted by Gasteiger charge is -2.37. The van der Waals surface area contributed by atoms with E-state index in [0.717, 1.165) is 42.5 Å². The molecule has 1 atom stereocenters. The molecule has 0 bridgehead atoms. The van der Waals surface area contributed by atoms with Gasteiger partial charge in [0, 0.05) is 55.0 Å². The first-order valence-electron chi connectivity index (χ1n) is 9.74. The van der Waals surface area contributed by atoms with E-state index in [1.807, 2.05) is 24.3 Å². The molecule has 2 aliphatic heterocycles. The number of rotatable bonds is 2. The van der Waals surface area contributed by atoms with Crippen molar-refractivity contribution in [1.29, 1.82) is 0 Å². The molecular weight excluding hydrogens is 378 g/mol. The van der Waals surface area contributed by atoms with Gasteiger partial charge in [0.15, 0.2) is 0 Å². The predicted octanol–water partition coefficient (Wildman–Crippen LogP) is 2.39. The van der Waals surface area contributed by atoms with Crippen LogP contribution in [0.5, 0.6) is 0 Å². The van der Waals surface area contributed by atoms with Crippen molar-refractivity contribution in [3.63, 3.8) is 0 Å². The molecule has 0 unspecified atom stereocenters. The molecule has 3 amide bonds. The van der Waals surface area contributed by atoms with E-state index in [9.17, 15) is 9.59 Å². The minimum Gasteiger partial charge on any atom is -0.367 e. The quantitative estimate of drug-likeness (QED) is 0.810. The van der Waals surface area contributed by atoms with Crippen LogP contribution in [0.3, 0.4) is 0 Å². The number of hydrogen-bond acceptors (Lipinski definition) is 4. The molecule has 2 fully saturated rings. The van der Waals surface area contributed by atoms with Crippen molar-refractivity contribution >= 4 is 40.1 Å². The number of urea groups is 1. The van der Waals surface area contributed by atoms with E-state index in [4.69, 9.17) is 11.6 Å². The number of pyridine rings is 1. The summed E-state index contributed by atoms with van der Waals surface area (Å²) in [5.41, 5.74) is 1.97. The number of anilines is 1. The number of carbonyl (C=O) groups is 2. The highest BCUT2D eigenvalue weighted by atomic mass is 35.5. The Morgan fingerprint density at radius 2 is 2.00 bits per heavy atom. The summed E-state index contributed by atoms with van der Waals surface area (Å²) in [4.78, 5) is 33.1. The molecule has 2 saturated heterocycles. The van der Waals surface area contributed by atoms with Gasteiger partial charge < -0.3 is 20.4 Å². The van der Waals surface area contributed by atoms with Crippen LogP contribution >= 0.6 is 11.6 Å². The van der Waals surface area contributed by atoms with Gasteiger partial charge in [-0.2, -0.15) is 0 Å². The highest BCUT2D eigenvalue weighted by Crippen LogP contribution is 2.28. The van der Waals surface area contributed by atoms with Gasteiger partial charge in [-0.05, 0) is 43.5 Å². The molecular formula is C20H24ClN5O2. The van der Waals surface area contributed by atoms with Gasteiger partial charge in [-0.3, -0.25) is 9.78 Å². The highest BCUT2D eigenvalue weighted by molar-refractivity contribution is 6.31. The van der Waals surface area contributed by atoms with Crippen molar-refractivity contribution in [2.75, 3.05) is 37.6 Å². The molecule has 0 saturated carbocycles. The summed E-state index contributed by atoms with van der Waals surface area (Å²) in [7, 11) is 0. The predicted molar refractivity (Wildman–Crippen MR) is 110 cm³/mol. The minimum absolute atomic E-state index is 0.0774. The highest BCUT2D eigenvalue weighted by Gasteiger charge is 2.27. The van der Waals surface area contributed by atoms with Crippen LogP contribution in [0.2, 0.25) is 5.02 Å². The van der Waals surface area contributed by atoms with E-state index < -0.39 is 6.04 Å². The Morgan fingerprint density at radius 1 is 1.18 bits per heavy atom. The Balaban J connectivity index is 1.39. The second kappa shape index (κ2) is 8.22. The maximum absolute atomic E-state index is 12.6. The lowest BCUT2D eigenvalue weighted by atomic mass is 10.1. The smallest absolute Gasteiger partial charge is 0.318 e. The number of fused-ring (bicyclic) bond motifs is 1. The molecule has 148 valence electrons. The fourth-order valence-electron chi connectivity index (χ4n) is 3.85. The molecule has 28 heavy (non-hydrogen) atoms. The third-order valence-corrected chi connectivity index (χ3v) is 5.66. The van der Waals surface area contributed by atoms with E-state index in [1.54, 1.807) is 11.1 Å². The molecule has 8 heteroatoms. The van der Waals surface area contributed by atoms with E-state index >= 15 is 0 Å². The molecule has 0 spiro atoms. The molecule has 1 aromatic heterocycles. The van der Waals surface area contributed by atoms with Crippen molar-refractivity contribution in [3.8, 4) is 0 Å². The summed E-state index contributed by atoms with van der Waals surface area (Å²) in [5.74, 6) is -0.0774. The summed E-state index contributed by atoms with van der Waals surface area (Å²) < 4.78 is 0. The number of nitrogens with zero attached hydrogens (tertiary/aromatic N) is 3. The topological polar surface area (TPSA) is 77.6 Å². The monoisotopic (exact) mass is 401 g/mol. The van der Waals surface area contributed by atoms with Gasteiger partial charge in [-0.1, -0.05) is 11.6 Å². The Labute approximate surface area is 169 Å². The van der Waals surface area contributed by atoms with Crippen LogP contribution < -0.4 is 15.5 Å². The SMILES string of the molecule is O=C1NCCCC[C@@H]1NC(=O)N1CCN(c2ccnc3cc(Cl)ccc23)CC1. The van der Waals surface area contributed by atoms with Gasteiger partial charge in [0.1, 0.15) is 6.04 Å². The average Bonchev–Trinajstić information content (AvgIpc) is 2.91. The van der Waals surface area contributed by atoms with E-state index in [-0.39, 0.29) is 11.9 Å². The first-order valence-corrected chi connectivity index (χ1v) is 10.1. The van der Waals surface area contributed by atoms with Crippen LogP contribution in [-0.4, -0.2) is 60.6 Å². The molecule has 3 heterocycles. The second-order valence-electron chi connectivity index (χ2n) is 7.25. The van der Waals surface area contributed by atoms with Crippen LogP contribution in [-0.2, 0) is 4.79 Å². The van der Waals surface area contributed by atoms with Crippen molar-refractivity contribution in [1.82, 2.24) is 20.5 Å². The van der Waals surface area contributed by atoms with Crippen molar-refractivity contribution in [2.45, 2.75) is 25.3 Å². The van der Waals surface area contributed by atoms with Gasteiger partial charge >= 0.3 is 6.03 Å². The van der Waals surface area contributed by atoms with Crippen molar-refractivity contribution < 1.29 is 9.59 Å². The Hall–Kier alpha value is -2.54. The maximum Gasteiger partial charge on any atom is 0.318 e. The van der Waals surface area contributed by atoms with Crippen LogP contribution in [0.15, 0.2) is 30.5 Å². The summed E-state index contributed by atoms with van der Waals surface area (Å²) in [6, 6.07) is 7.14. The van der Waals surface area contributed by atoms with Gasteiger partial charge in [0.05, 0.1) is 5.52 Å². The second-order valence-corrected chi connectivity index (χ2v) is 7.69. The first-order chi connectivity index (χ1) is 13.6. The summed E-state index contributed by atoms with van der Waals surface area (Å²) in [5, 5.41) is 7.48. The molecule has 0 aliphatic carbocycles. The van der Waals surface area contributed by atoms with Crippen LogP contribution in [0, 0.1) is 0 Å². The Morgan fingerprint density at radius 3 is 2.82 bits per heavy atom. The van der Waals surface area contributed by atoms with Gasteiger partial charge in [-0.15, -0.1) is 0 Å². The lowest BCUT2D eigenvalue weighted by molar-refractivity contribution is -0.122. The lowest BCUT2D eigenvalue weighted by Crippen LogP contribution is -2.55. The van der Waals surface area contributed by atoms with Crippen LogP contribution in [0.25, 0.3) is 10.9 Å². The van der Waals surface area contributed by atoms with Crippen molar-refractivity contribution in [2.24, 2.45) is 0 Å². The average molecular weight is 402 g/mol. The number of amides is 3. The molecule has 2 aliphatic rings. The Kier molecular flexibility index (Phi) is 5.52. The maximum atomic E-state index is 12.6. The zero-order valence-electron chi connectivity index (χ0n) is 15.7. The van der Waals surface area contributed by atoms with Gasteiger partial charge in [0.2, 0.25) is 5.91 Å². The van der Waals surface area contributed by atoms with Gasteiger partial charge in [0.25, 0.3) is 0 Å². The number of benzene rings is 1. The van der Waals surface area contributed by atoms with E-state index in [2.05, 4.69) is 20.5 Å². The molecule has 1 aromatic carbocycles. The van der Waals surface area contributed by atoms with Crippen LogP contribution in [0.1, 0.15) is 19.3 Å². The van der Waals surface area contributed by atoms with E-state index in [0.29, 0.717) is 31.1 Å². The van der Waals surface area contributed by atoms with Crippen LogP contribution in [0.4, 0.5) is 10.5 Å². The summed E-state index contributed by atoms with van der Waals surface area (Å²) >= 11 is 6.08. The number of nitrogens with one attached hydrogen (secondary N) is 2. The standard InChI is InChI=1S/C20H24ClN5O2/c21-14-4-5-15-17(13-14)22-8-6-18(15)25-9-11-26(12-10-25)20(28)24-16-3-1-2-7-23-19(16)27/h4-6,8,13,16H,1-3,7,9-12H2,(H,23,27)(H,24,28)/t16-/m0/s1. The van der Waals surface area contributed by atoms with E-state index in [1.165, 1.54) is 0 Å². The Bertz CT molecular complexity index is 882. The minimum atomic E-state index is -0.429. The summed E-state index contributed by atoms with van der Waals surface area (Å²) in [6.07, 6.45) is 4.39. The normalized spacial score (nSPS) is 20.6. The zero-order valence-corrected chi connectivity index (χ0v) is 16.4. The molecule has 7 nitrogen and oxygen atoms in total. The third-order valence-electron chi connectivity index (χ3n) is 5.42. The largest absolute Gasteiger partial charge is 0.367 e. The van der Waals surface area contributed by atoms with Crippen molar-refractivity contribution in [3.05, 3.63) is 35.5 Å². The number of halogens is 1. The molecule has 2 N–H and O–H groups in total. The number of piperazine rings is 1. The molecule has 2 aromatic rings. The van der Waals surface area contributed by atoms with Gasteiger partial charge in [-0.25, -0.2) is 4.79 Å². The summed E-state index contributed by atoms with van der Waals surface area (Å²) in [6.45, 7) is 3.36. The number of hydrogen-bond donors (Lipinski definition) is 2. The number of carbonyl (C=O) groups excluding carboxylic acids is 2. The first kappa shape index (κ1) is 18.8.